The van der Waals surface area contributed by atoms with Crippen molar-refractivity contribution in [3.8, 4) is 16.9 Å². The smallest absolute Gasteiger partial charge is 0.305 e. The number of aromatic nitrogens is 2. The Bertz CT molecular complexity index is 924. The number of carbonyl (C=O) groups excluding carboxylic acids is 1. The fraction of sp³-hybridized carbons (Fsp3) is 0.150. The molecule has 1 atom stereocenters. The van der Waals surface area contributed by atoms with Gasteiger partial charge in [0.15, 0.2) is 0 Å². The van der Waals surface area contributed by atoms with E-state index < -0.39 is 12.0 Å². The van der Waals surface area contributed by atoms with Crippen LogP contribution in [0.5, 0.6) is 5.75 Å². The highest BCUT2D eigenvalue weighted by Crippen LogP contribution is 2.30. The SMILES string of the molecule is COc1cc(C(=O)N[C@H](CC(=O)O)c2ccccc2)ccc1-c1cn[nH]c1. The molecular formula is C20H19N3O4. The molecule has 0 aliphatic rings. The number of hydrogen-bond acceptors (Lipinski definition) is 4. The van der Waals surface area contributed by atoms with Crippen LogP contribution in [0.25, 0.3) is 11.1 Å². The Morgan fingerprint density at radius 2 is 2.00 bits per heavy atom. The summed E-state index contributed by atoms with van der Waals surface area (Å²) in [4.78, 5) is 23.9. The van der Waals surface area contributed by atoms with Gasteiger partial charge in [0, 0.05) is 22.9 Å². The number of carbonyl (C=O) groups is 2. The Morgan fingerprint density at radius 1 is 1.22 bits per heavy atom. The normalized spacial score (nSPS) is 11.6. The van der Waals surface area contributed by atoms with Crippen molar-refractivity contribution >= 4 is 11.9 Å². The summed E-state index contributed by atoms with van der Waals surface area (Å²) < 4.78 is 5.40. The van der Waals surface area contributed by atoms with E-state index in [4.69, 9.17) is 4.74 Å². The van der Waals surface area contributed by atoms with Gasteiger partial charge in [-0.1, -0.05) is 30.3 Å². The Kier molecular flexibility index (Phi) is 5.51. The third-order valence-electron chi connectivity index (χ3n) is 4.16. The number of carboxylic acids is 1. The quantitative estimate of drug-likeness (QED) is 0.597. The average molecular weight is 365 g/mol. The molecule has 2 aromatic carbocycles. The lowest BCUT2D eigenvalue weighted by atomic mass is 10.0. The molecule has 0 bridgehead atoms. The second-order valence-corrected chi connectivity index (χ2v) is 5.94. The van der Waals surface area contributed by atoms with Crippen molar-refractivity contribution in [3.05, 3.63) is 72.1 Å². The Hall–Kier alpha value is -3.61. The van der Waals surface area contributed by atoms with Gasteiger partial charge in [-0.05, 0) is 23.8 Å². The molecule has 1 aromatic heterocycles. The van der Waals surface area contributed by atoms with Crippen molar-refractivity contribution < 1.29 is 19.4 Å². The summed E-state index contributed by atoms with van der Waals surface area (Å²) in [5.74, 6) is -0.835. The Labute approximate surface area is 156 Å². The lowest BCUT2D eigenvalue weighted by molar-refractivity contribution is -0.137. The van der Waals surface area contributed by atoms with Crippen molar-refractivity contribution in [2.24, 2.45) is 0 Å². The van der Waals surface area contributed by atoms with Crippen LogP contribution in [0.2, 0.25) is 0 Å². The molecule has 0 saturated heterocycles. The summed E-state index contributed by atoms with van der Waals surface area (Å²) in [5.41, 5.74) is 2.75. The van der Waals surface area contributed by atoms with Crippen LogP contribution in [0, 0.1) is 0 Å². The maximum atomic E-state index is 12.7. The van der Waals surface area contributed by atoms with Crippen LogP contribution in [0.4, 0.5) is 0 Å². The van der Waals surface area contributed by atoms with E-state index >= 15 is 0 Å². The molecule has 27 heavy (non-hydrogen) atoms. The lowest BCUT2D eigenvalue weighted by Crippen LogP contribution is -2.30. The molecular weight excluding hydrogens is 346 g/mol. The second-order valence-electron chi connectivity index (χ2n) is 5.94. The number of aliphatic carboxylic acids is 1. The average Bonchev–Trinajstić information content (AvgIpc) is 3.21. The Morgan fingerprint density at radius 3 is 2.63 bits per heavy atom. The number of aromatic amines is 1. The standard InChI is InChI=1S/C20H19N3O4/c1-27-18-9-14(7-8-16(18)15-11-21-22-12-15)20(26)23-17(10-19(24)25)13-5-3-2-4-6-13/h2-9,11-12,17H,10H2,1H3,(H,21,22)(H,23,26)(H,24,25)/t17-/m1/s1. The predicted molar refractivity (Wildman–Crippen MR) is 99.5 cm³/mol. The minimum atomic E-state index is -0.989. The minimum Gasteiger partial charge on any atom is -0.496 e. The molecule has 0 fully saturated rings. The molecule has 0 saturated carbocycles. The van der Waals surface area contributed by atoms with Crippen molar-refractivity contribution in [1.29, 1.82) is 0 Å². The largest absolute Gasteiger partial charge is 0.496 e. The number of amides is 1. The van der Waals surface area contributed by atoms with Gasteiger partial charge in [-0.2, -0.15) is 5.10 Å². The zero-order chi connectivity index (χ0) is 19.2. The number of nitrogens with one attached hydrogen (secondary N) is 2. The molecule has 3 aromatic rings. The van der Waals surface area contributed by atoms with Gasteiger partial charge in [0.2, 0.25) is 0 Å². The summed E-state index contributed by atoms with van der Waals surface area (Å²) in [6.07, 6.45) is 3.19. The predicted octanol–water partition coefficient (Wildman–Crippen LogP) is 3.03. The number of hydrogen-bond donors (Lipinski definition) is 3. The Balaban J connectivity index is 1.85. The van der Waals surface area contributed by atoms with Gasteiger partial charge < -0.3 is 15.2 Å². The van der Waals surface area contributed by atoms with Gasteiger partial charge in [-0.15, -0.1) is 0 Å². The van der Waals surface area contributed by atoms with Crippen molar-refractivity contribution in [1.82, 2.24) is 15.5 Å². The molecule has 3 N–H and O–H groups in total. The van der Waals surface area contributed by atoms with Crippen LogP contribution in [-0.4, -0.2) is 34.3 Å². The molecule has 0 spiro atoms. The van der Waals surface area contributed by atoms with Crippen LogP contribution in [-0.2, 0) is 4.79 Å². The summed E-state index contributed by atoms with van der Waals surface area (Å²) in [6.45, 7) is 0. The van der Waals surface area contributed by atoms with E-state index in [1.807, 2.05) is 6.07 Å². The summed E-state index contributed by atoms with van der Waals surface area (Å²) in [7, 11) is 1.53. The zero-order valence-corrected chi connectivity index (χ0v) is 14.7. The summed E-state index contributed by atoms with van der Waals surface area (Å²) in [5, 5.41) is 18.6. The maximum absolute atomic E-state index is 12.7. The number of carboxylic acid groups (broad SMARTS) is 1. The molecule has 0 unspecified atom stereocenters. The van der Waals surface area contributed by atoms with E-state index in [0.717, 1.165) is 16.7 Å². The van der Waals surface area contributed by atoms with Crippen molar-refractivity contribution in [3.63, 3.8) is 0 Å². The van der Waals surface area contributed by atoms with Crippen molar-refractivity contribution in [2.45, 2.75) is 12.5 Å². The van der Waals surface area contributed by atoms with Gasteiger partial charge in [0.25, 0.3) is 5.91 Å². The van der Waals surface area contributed by atoms with E-state index in [2.05, 4.69) is 15.5 Å². The zero-order valence-electron chi connectivity index (χ0n) is 14.7. The molecule has 138 valence electrons. The second kappa shape index (κ2) is 8.18. The first-order valence-corrected chi connectivity index (χ1v) is 8.33. The number of ether oxygens (including phenoxy) is 1. The fourth-order valence-electron chi connectivity index (χ4n) is 2.82. The first kappa shape index (κ1) is 18.2. The van der Waals surface area contributed by atoms with Gasteiger partial charge in [0.05, 0.1) is 25.8 Å². The highest BCUT2D eigenvalue weighted by molar-refractivity contribution is 5.96. The minimum absolute atomic E-state index is 0.208. The molecule has 1 heterocycles. The monoisotopic (exact) mass is 365 g/mol. The first-order valence-electron chi connectivity index (χ1n) is 8.33. The van der Waals surface area contributed by atoms with Crippen LogP contribution in [0.1, 0.15) is 28.4 Å². The third kappa shape index (κ3) is 4.33. The van der Waals surface area contributed by atoms with Gasteiger partial charge in [-0.3, -0.25) is 14.7 Å². The number of benzene rings is 2. The molecule has 7 nitrogen and oxygen atoms in total. The topological polar surface area (TPSA) is 104 Å². The van der Waals surface area contributed by atoms with E-state index in [-0.39, 0.29) is 12.3 Å². The van der Waals surface area contributed by atoms with Crippen LogP contribution < -0.4 is 10.1 Å². The number of nitrogens with zero attached hydrogens (tertiary/aromatic N) is 1. The number of methoxy groups -OCH3 is 1. The van der Waals surface area contributed by atoms with Gasteiger partial charge in [0.1, 0.15) is 5.75 Å². The molecule has 1 amide bonds. The number of H-pyrrole nitrogens is 1. The first-order chi connectivity index (χ1) is 13.1. The van der Waals surface area contributed by atoms with Gasteiger partial charge in [-0.25, -0.2) is 0 Å². The summed E-state index contributed by atoms with van der Waals surface area (Å²) in [6, 6.07) is 13.5. The fourth-order valence-corrected chi connectivity index (χ4v) is 2.82. The van der Waals surface area contributed by atoms with Crippen LogP contribution in [0.15, 0.2) is 60.9 Å². The highest BCUT2D eigenvalue weighted by atomic mass is 16.5. The molecule has 0 aliphatic heterocycles. The summed E-state index contributed by atoms with van der Waals surface area (Å²) >= 11 is 0. The van der Waals surface area contributed by atoms with E-state index in [1.54, 1.807) is 54.9 Å². The lowest BCUT2D eigenvalue weighted by Gasteiger charge is -2.18. The van der Waals surface area contributed by atoms with Crippen LogP contribution in [0.3, 0.4) is 0 Å². The molecule has 7 heteroatoms. The molecule has 0 radical (unpaired) electrons. The van der Waals surface area contributed by atoms with Crippen molar-refractivity contribution in [2.75, 3.05) is 7.11 Å². The van der Waals surface area contributed by atoms with Crippen LogP contribution >= 0.6 is 0 Å². The molecule has 0 aliphatic carbocycles. The third-order valence-corrected chi connectivity index (χ3v) is 4.16. The van der Waals surface area contributed by atoms with E-state index in [9.17, 15) is 14.7 Å². The van der Waals surface area contributed by atoms with E-state index in [0.29, 0.717) is 11.3 Å². The van der Waals surface area contributed by atoms with E-state index in [1.165, 1.54) is 7.11 Å². The highest BCUT2D eigenvalue weighted by Gasteiger charge is 2.20. The maximum Gasteiger partial charge on any atom is 0.305 e. The molecule has 3 rings (SSSR count). The number of rotatable bonds is 7. The van der Waals surface area contributed by atoms with Gasteiger partial charge >= 0.3 is 5.97 Å².